The highest BCUT2D eigenvalue weighted by atomic mass is 16.3. The summed E-state index contributed by atoms with van der Waals surface area (Å²) in [6, 6.07) is 8.38. The van der Waals surface area contributed by atoms with Gasteiger partial charge in [0.2, 0.25) is 5.91 Å². The van der Waals surface area contributed by atoms with Gasteiger partial charge in [0, 0.05) is 13.1 Å². The number of carbonyl (C=O) groups is 1. The van der Waals surface area contributed by atoms with Crippen LogP contribution in [0.15, 0.2) is 24.3 Å². The third-order valence-corrected chi connectivity index (χ3v) is 4.29. The predicted octanol–water partition coefficient (Wildman–Crippen LogP) is 0.392. The number of hydrogen-bond acceptors (Lipinski definition) is 4. The van der Waals surface area contributed by atoms with Gasteiger partial charge in [0.1, 0.15) is 12.5 Å². The van der Waals surface area contributed by atoms with Crippen LogP contribution in [-0.2, 0) is 17.8 Å². The van der Waals surface area contributed by atoms with Crippen molar-refractivity contribution in [1.82, 2.24) is 15.5 Å². The lowest BCUT2D eigenvalue weighted by Crippen LogP contribution is -2.67. The van der Waals surface area contributed by atoms with Gasteiger partial charge in [-0.05, 0) is 24.0 Å². The molecule has 0 aromatic heterocycles. The summed E-state index contributed by atoms with van der Waals surface area (Å²) < 4.78 is 0. The zero-order valence-corrected chi connectivity index (χ0v) is 11.7. The van der Waals surface area contributed by atoms with Crippen molar-refractivity contribution >= 4 is 5.91 Å². The van der Waals surface area contributed by atoms with Crippen molar-refractivity contribution in [3.8, 4) is 0 Å². The lowest BCUT2D eigenvalue weighted by molar-refractivity contribution is -0.140. The van der Waals surface area contributed by atoms with Crippen molar-refractivity contribution in [1.29, 1.82) is 0 Å². The fraction of sp³-hybridized carbons (Fsp3) is 0.533. The molecule has 0 aliphatic carbocycles. The zero-order valence-electron chi connectivity index (χ0n) is 11.7. The summed E-state index contributed by atoms with van der Waals surface area (Å²) in [7, 11) is 0. The first-order chi connectivity index (χ1) is 9.69. The number of rotatable bonds is 2. The molecule has 108 valence electrons. The summed E-state index contributed by atoms with van der Waals surface area (Å²) in [5.41, 5.74) is 2.67. The molecule has 1 fully saturated rings. The van der Waals surface area contributed by atoms with E-state index >= 15 is 0 Å². The molecule has 0 saturated carbocycles. The second-order valence-electron chi connectivity index (χ2n) is 5.53. The summed E-state index contributed by atoms with van der Waals surface area (Å²) in [4.78, 5) is 14.2. The molecule has 1 amide bonds. The molecule has 2 aliphatic heterocycles. The number of aliphatic hydroxyl groups excluding tert-OH is 1. The lowest BCUT2D eigenvalue weighted by Gasteiger charge is -2.42. The smallest absolute Gasteiger partial charge is 0.229 e. The summed E-state index contributed by atoms with van der Waals surface area (Å²) in [6.45, 7) is 3.57. The van der Waals surface area contributed by atoms with Gasteiger partial charge < -0.3 is 10.4 Å². The van der Waals surface area contributed by atoms with E-state index in [0.717, 1.165) is 19.5 Å². The van der Waals surface area contributed by atoms with Crippen molar-refractivity contribution in [2.75, 3.05) is 6.54 Å². The first kappa shape index (κ1) is 13.5. The molecule has 20 heavy (non-hydrogen) atoms. The highest BCUT2D eigenvalue weighted by molar-refractivity contribution is 5.80. The molecule has 3 N–H and O–H groups in total. The van der Waals surface area contributed by atoms with Gasteiger partial charge in [-0.3, -0.25) is 15.0 Å². The average Bonchev–Trinajstić information content (AvgIpc) is 2.46. The summed E-state index contributed by atoms with van der Waals surface area (Å²) in [5, 5.41) is 16.1. The van der Waals surface area contributed by atoms with E-state index in [0.29, 0.717) is 6.42 Å². The molecule has 0 bridgehead atoms. The van der Waals surface area contributed by atoms with Crippen LogP contribution in [0.1, 0.15) is 24.5 Å². The Morgan fingerprint density at radius 2 is 2.10 bits per heavy atom. The van der Waals surface area contributed by atoms with Crippen molar-refractivity contribution in [2.45, 2.75) is 38.8 Å². The molecular weight excluding hydrogens is 254 g/mol. The number of hydrogen-bond donors (Lipinski definition) is 3. The van der Waals surface area contributed by atoms with E-state index in [2.05, 4.69) is 33.7 Å². The largest absolute Gasteiger partial charge is 0.378 e. The van der Waals surface area contributed by atoms with E-state index in [9.17, 15) is 9.90 Å². The van der Waals surface area contributed by atoms with Crippen LogP contribution in [-0.4, -0.2) is 35.0 Å². The number of amides is 1. The average molecular weight is 275 g/mol. The molecule has 5 heteroatoms. The van der Waals surface area contributed by atoms with E-state index in [1.54, 1.807) is 0 Å². The minimum atomic E-state index is -0.768. The fourth-order valence-corrected chi connectivity index (χ4v) is 3.05. The molecule has 1 aromatic rings. The van der Waals surface area contributed by atoms with Crippen LogP contribution in [0.2, 0.25) is 0 Å². The van der Waals surface area contributed by atoms with Gasteiger partial charge in [-0.1, -0.05) is 31.2 Å². The summed E-state index contributed by atoms with van der Waals surface area (Å²) >= 11 is 0. The first-order valence-electron chi connectivity index (χ1n) is 7.24. The van der Waals surface area contributed by atoms with Crippen LogP contribution in [0.4, 0.5) is 0 Å². The lowest BCUT2D eigenvalue weighted by atomic mass is 9.98. The van der Waals surface area contributed by atoms with Gasteiger partial charge in [0.15, 0.2) is 0 Å². The Morgan fingerprint density at radius 3 is 2.80 bits per heavy atom. The van der Waals surface area contributed by atoms with Gasteiger partial charge in [-0.2, -0.15) is 0 Å². The quantitative estimate of drug-likeness (QED) is 0.731. The second-order valence-corrected chi connectivity index (χ2v) is 5.53. The third kappa shape index (κ3) is 2.44. The number of nitrogens with one attached hydrogen (secondary N) is 2. The molecular formula is C15H21N3O2. The number of benzene rings is 1. The minimum Gasteiger partial charge on any atom is -0.378 e. The van der Waals surface area contributed by atoms with Crippen LogP contribution in [0, 0.1) is 5.92 Å². The molecule has 3 atom stereocenters. The van der Waals surface area contributed by atoms with E-state index in [1.807, 2.05) is 13.0 Å². The van der Waals surface area contributed by atoms with Gasteiger partial charge in [-0.15, -0.1) is 0 Å². The zero-order chi connectivity index (χ0) is 14.1. The minimum absolute atomic E-state index is 0.0670. The molecule has 0 radical (unpaired) electrons. The highest BCUT2D eigenvalue weighted by Gasteiger charge is 2.36. The second kappa shape index (κ2) is 5.52. The SMILES string of the molecule is CCC1C(=O)NC(N2CCc3ccccc3C2)NC1O. The third-order valence-electron chi connectivity index (χ3n) is 4.29. The van der Waals surface area contributed by atoms with Crippen LogP contribution in [0.5, 0.6) is 0 Å². The van der Waals surface area contributed by atoms with Crippen molar-refractivity contribution in [3.63, 3.8) is 0 Å². The Labute approximate surface area is 119 Å². The van der Waals surface area contributed by atoms with Crippen LogP contribution >= 0.6 is 0 Å². The summed E-state index contributed by atoms with van der Waals surface area (Å²) in [6.07, 6.45) is 0.553. The Bertz CT molecular complexity index is 506. The Hall–Kier alpha value is -1.43. The molecule has 2 aliphatic rings. The van der Waals surface area contributed by atoms with E-state index in [-0.39, 0.29) is 18.1 Å². The molecule has 1 aromatic carbocycles. The van der Waals surface area contributed by atoms with Gasteiger partial charge in [0.25, 0.3) is 0 Å². The molecule has 5 nitrogen and oxygen atoms in total. The molecule has 3 rings (SSSR count). The summed E-state index contributed by atoms with van der Waals surface area (Å²) in [5.74, 6) is -0.425. The normalized spacial score (nSPS) is 30.7. The molecule has 2 heterocycles. The topological polar surface area (TPSA) is 64.6 Å². The predicted molar refractivity (Wildman–Crippen MR) is 75.4 cm³/mol. The standard InChI is InChI=1S/C15H21N3O2/c1-2-12-13(19)16-15(17-14(12)20)18-8-7-10-5-3-4-6-11(10)9-18/h3-6,12-13,15-16,19H,2,7-9H2,1H3,(H,17,20). The molecule has 0 spiro atoms. The highest BCUT2D eigenvalue weighted by Crippen LogP contribution is 2.21. The maximum absolute atomic E-state index is 12.0. The maximum Gasteiger partial charge on any atom is 0.229 e. The van der Waals surface area contributed by atoms with Gasteiger partial charge in [-0.25, -0.2) is 0 Å². The number of nitrogens with zero attached hydrogens (tertiary/aromatic N) is 1. The number of aliphatic hydroxyl groups is 1. The Kier molecular flexibility index (Phi) is 3.74. The monoisotopic (exact) mass is 275 g/mol. The molecule has 1 saturated heterocycles. The first-order valence-corrected chi connectivity index (χ1v) is 7.24. The van der Waals surface area contributed by atoms with Gasteiger partial charge >= 0.3 is 0 Å². The van der Waals surface area contributed by atoms with Gasteiger partial charge in [0.05, 0.1) is 5.92 Å². The van der Waals surface area contributed by atoms with Crippen LogP contribution in [0.25, 0.3) is 0 Å². The van der Waals surface area contributed by atoms with Crippen LogP contribution < -0.4 is 10.6 Å². The molecule has 3 unspecified atom stereocenters. The van der Waals surface area contributed by atoms with E-state index < -0.39 is 6.23 Å². The van der Waals surface area contributed by atoms with Crippen molar-refractivity contribution in [2.24, 2.45) is 5.92 Å². The van der Waals surface area contributed by atoms with Crippen molar-refractivity contribution < 1.29 is 9.90 Å². The number of carbonyl (C=O) groups excluding carboxylic acids is 1. The van der Waals surface area contributed by atoms with E-state index in [1.165, 1.54) is 11.1 Å². The Balaban J connectivity index is 1.71. The fourth-order valence-electron chi connectivity index (χ4n) is 3.05. The Morgan fingerprint density at radius 1 is 1.35 bits per heavy atom. The maximum atomic E-state index is 12.0. The van der Waals surface area contributed by atoms with E-state index in [4.69, 9.17) is 0 Å². The van der Waals surface area contributed by atoms with Crippen LogP contribution in [0.3, 0.4) is 0 Å². The van der Waals surface area contributed by atoms with Crippen molar-refractivity contribution in [3.05, 3.63) is 35.4 Å². The number of fused-ring (bicyclic) bond motifs is 1.